The van der Waals surface area contributed by atoms with E-state index in [-0.39, 0.29) is 25.7 Å². The molecule has 0 amide bonds. The van der Waals surface area contributed by atoms with Gasteiger partial charge in [0.15, 0.2) is 0 Å². The Kier molecular flexibility index (Phi) is 7.23. The molecule has 7 heteroatoms. The maximum Gasteiger partial charge on any atom is 0.394 e. The number of ether oxygens (including phenoxy) is 1. The number of rotatable bonds is 7. The van der Waals surface area contributed by atoms with Crippen LogP contribution in [-0.4, -0.2) is 49.3 Å². The van der Waals surface area contributed by atoms with Gasteiger partial charge in [-0.1, -0.05) is 0 Å². The third-order valence-electron chi connectivity index (χ3n) is 2.57. The summed E-state index contributed by atoms with van der Waals surface area (Å²) in [5.41, 5.74) is 5.13. The van der Waals surface area contributed by atoms with Crippen molar-refractivity contribution < 1.29 is 22.7 Å². The molecule has 0 spiro atoms. The first kappa shape index (κ1) is 17.2. The largest absolute Gasteiger partial charge is 0.465 e. The molecular formula is C11H21F3N2O2. The summed E-state index contributed by atoms with van der Waals surface area (Å²) in [5, 5.41) is 0. The van der Waals surface area contributed by atoms with Crippen LogP contribution in [0.3, 0.4) is 0 Å². The minimum absolute atomic E-state index is 0.155. The molecule has 0 aliphatic heterocycles. The highest BCUT2D eigenvalue weighted by atomic mass is 19.4. The summed E-state index contributed by atoms with van der Waals surface area (Å²) >= 11 is 0. The molecule has 0 radical (unpaired) electrons. The van der Waals surface area contributed by atoms with E-state index >= 15 is 0 Å². The Morgan fingerprint density at radius 1 is 1.39 bits per heavy atom. The SMILES string of the molecule is CCOC(=O)CN(CC(CN)C(F)(F)F)C(C)C. The lowest BCUT2D eigenvalue weighted by atomic mass is 10.1. The molecule has 0 saturated carbocycles. The fraction of sp³-hybridized carbons (Fsp3) is 0.909. The minimum atomic E-state index is -4.35. The first-order valence-electron chi connectivity index (χ1n) is 5.88. The standard InChI is InChI=1S/C11H21F3N2O2/c1-4-18-10(17)7-16(8(2)3)6-9(5-15)11(12,13)14/h8-9H,4-7,15H2,1-3H3. The molecule has 0 fully saturated rings. The fourth-order valence-corrected chi connectivity index (χ4v) is 1.43. The maximum absolute atomic E-state index is 12.6. The van der Waals surface area contributed by atoms with Crippen LogP contribution in [0.5, 0.6) is 0 Å². The third kappa shape index (κ3) is 6.20. The number of carbonyl (C=O) groups excluding carboxylic acids is 1. The molecule has 0 aliphatic rings. The summed E-state index contributed by atoms with van der Waals surface area (Å²) < 4.78 is 42.6. The van der Waals surface area contributed by atoms with E-state index < -0.39 is 24.6 Å². The lowest BCUT2D eigenvalue weighted by molar-refractivity contribution is -0.178. The second kappa shape index (κ2) is 7.58. The van der Waals surface area contributed by atoms with Gasteiger partial charge in [0, 0.05) is 19.1 Å². The topological polar surface area (TPSA) is 55.6 Å². The van der Waals surface area contributed by atoms with Crippen molar-refractivity contribution in [1.82, 2.24) is 4.90 Å². The Balaban J connectivity index is 4.56. The van der Waals surface area contributed by atoms with Crippen molar-refractivity contribution in [2.75, 3.05) is 26.2 Å². The predicted molar refractivity (Wildman–Crippen MR) is 61.9 cm³/mol. The molecule has 0 saturated heterocycles. The number of halogens is 3. The van der Waals surface area contributed by atoms with Crippen molar-refractivity contribution >= 4 is 5.97 Å². The van der Waals surface area contributed by atoms with Crippen LogP contribution in [0.4, 0.5) is 13.2 Å². The maximum atomic E-state index is 12.6. The van der Waals surface area contributed by atoms with E-state index in [4.69, 9.17) is 10.5 Å². The van der Waals surface area contributed by atoms with Crippen LogP contribution in [0.15, 0.2) is 0 Å². The molecule has 18 heavy (non-hydrogen) atoms. The van der Waals surface area contributed by atoms with Gasteiger partial charge in [-0.15, -0.1) is 0 Å². The molecule has 0 aromatic rings. The molecule has 1 atom stereocenters. The van der Waals surface area contributed by atoms with Gasteiger partial charge >= 0.3 is 12.1 Å². The Morgan fingerprint density at radius 2 is 1.94 bits per heavy atom. The molecule has 0 rings (SSSR count). The van der Waals surface area contributed by atoms with Crippen LogP contribution in [0.25, 0.3) is 0 Å². The molecule has 0 heterocycles. The molecule has 4 nitrogen and oxygen atoms in total. The van der Waals surface area contributed by atoms with Gasteiger partial charge in [0.2, 0.25) is 0 Å². The van der Waals surface area contributed by atoms with E-state index in [0.717, 1.165) is 0 Å². The second-order valence-electron chi connectivity index (χ2n) is 4.30. The Morgan fingerprint density at radius 3 is 2.28 bits per heavy atom. The van der Waals surface area contributed by atoms with Crippen LogP contribution in [0, 0.1) is 5.92 Å². The minimum Gasteiger partial charge on any atom is -0.465 e. The van der Waals surface area contributed by atoms with Gasteiger partial charge in [-0.25, -0.2) is 0 Å². The summed E-state index contributed by atoms with van der Waals surface area (Å²) in [4.78, 5) is 12.7. The van der Waals surface area contributed by atoms with Crippen LogP contribution in [0.1, 0.15) is 20.8 Å². The first-order valence-corrected chi connectivity index (χ1v) is 5.88. The third-order valence-corrected chi connectivity index (χ3v) is 2.57. The summed E-state index contributed by atoms with van der Waals surface area (Å²) in [7, 11) is 0. The van der Waals surface area contributed by atoms with E-state index in [0.29, 0.717) is 0 Å². The molecule has 0 aromatic carbocycles. The summed E-state index contributed by atoms with van der Waals surface area (Å²) in [6, 6.07) is -0.189. The summed E-state index contributed by atoms with van der Waals surface area (Å²) in [5.74, 6) is -2.15. The Bertz CT molecular complexity index is 257. The lowest BCUT2D eigenvalue weighted by Crippen LogP contribution is -2.45. The number of carbonyl (C=O) groups is 1. The van der Waals surface area contributed by atoms with E-state index in [2.05, 4.69) is 0 Å². The highest BCUT2D eigenvalue weighted by Gasteiger charge is 2.40. The lowest BCUT2D eigenvalue weighted by Gasteiger charge is -2.30. The highest BCUT2D eigenvalue weighted by molar-refractivity contribution is 5.71. The zero-order valence-electron chi connectivity index (χ0n) is 11.0. The fourth-order valence-electron chi connectivity index (χ4n) is 1.43. The van der Waals surface area contributed by atoms with Crippen molar-refractivity contribution in [3.8, 4) is 0 Å². The Labute approximate surface area is 105 Å². The zero-order valence-corrected chi connectivity index (χ0v) is 11.0. The van der Waals surface area contributed by atoms with E-state index in [1.165, 1.54) is 4.90 Å². The molecular weight excluding hydrogens is 249 g/mol. The van der Waals surface area contributed by atoms with Gasteiger partial charge in [0.25, 0.3) is 0 Å². The zero-order chi connectivity index (χ0) is 14.3. The number of esters is 1. The highest BCUT2D eigenvalue weighted by Crippen LogP contribution is 2.26. The molecule has 0 aromatic heterocycles. The van der Waals surface area contributed by atoms with Crippen molar-refractivity contribution in [2.45, 2.75) is 33.0 Å². The van der Waals surface area contributed by atoms with Gasteiger partial charge in [-0.3, -0.25) is 9.69 Å². The van der Waals surface area contributed by atoms with Crippen LogP contribution < -0.4 is 5.73 Å². The van der Waals surface area contributed by atoms with Gasteiger partial charge in [0.05, 0.1) is 19.1 Å². The number of nitrogens with zero attached hydrogens (tertiary/aromatic N) is 1. The quantitative estimate of drug-likeness (QED) is 0.710. The van der Waals surface area contributed by atoms with Crippen molar-refractivity contribution in [2.24, 2.45) is 11.7 Å². The summed E-state index contributed by atoms with van der Waals surface area (Å²) in [6.07, 6.45) is -4.35. The van der Waals surface area contributed by atoms with E-state index in [1.54, 1.807) is 20.8 Å². The van der Waals surface area contributed by atoms with Crippen molar-refractivity contribution in [1.29, 1.82) is 0 Å². The second-order valence-corrected chi connectivity index (χ2v) is 4.30. The Hall–Kier alpha value is -0.820. The monoisotopic (exact) mass is 270 g/mol. The number of nitrogens with two attached hydrogens (primary N) is 1. The summed E-state index contributed by atoms with van der Waals surface area (Å²) in [6.45, 7) is 4.37. The predicted octanol–water partition coefficient (Wildman–Crippen LogP) is 1.40. The van der Waals surface area contributed by atoms with Crippen LogP contribution in [-0.2, 0) is 9.53 Å². The molecule has 0 aliphatic carbocycles. The van der Waals surface area contributed by atoms with E-state index in [9.17, 15) is 18.0 Å². The smallest absolute Gasteiger partial charge is 0.394 e. The number of hydrogen-bond donors (Lipinski definition) is 1. The molecule has 2 N–H and O–H groups in total. The number of alkyl halides is 3. The van der Waals surface area contributed by atoms with E-state index in [1.807, 2.05) is 0 Å². The van der Waals surface area contributed by atoms with Crippen molar-refractivity contribution in [3.63, 3.8) is 0 Å². The normalized spacial score (nSPS) is 14.1. The van der Waals surface area contributed by atoms with Crippen molar-refractivity contribution in [3.05, 3.63) is 0 Å². The van der Waals surface area contributed by atoms with Gasteiger partial charge < -0.3 is 10.5 Å². The average Bonchev–Trinajstić information content (AvgIpc) is 2.22. The molecule has 0 bridgehead atoms. The van der Waals surface area contributed by atoms with Gasteiger partial charge in [-0.2, -0.15) is 13.2 Å². The first-order chi connectivity index (χ1) is 8.22. The van der Waals surface area contributed by atoms with Crippen LogP contribution in [0.2, 0.25) is 0 Å². The number of hydrogen-bond acceptors (Lipinski definition) is 4. The molecule has 108 valence electrons. The van der Waals surface area contributed by atoms with Gasteiger partial charge in [0.1, 0.15) is 0 Å². The van der Waals surface area contributed by atoms with Gasteiger partial charge in [-0.05, 0) is 20.8 Å². The average molecular weight is 270 g/mol. The molecule has 1 unspecified atom stereocenters. The van der Waals surface area contributed by atoms with Crippen LogP contribution >= 0.6 is 0 Å².